The average Bonchev–Trinajstić information content (AvgIpc) is 3.11. The molecular weight excluding hydrogens is 394 g/mol. The number of nitrogens with zero attached hydrogens (tertiary/aromatic N) is 3. The van der Waals surface area contributed by atoms with E-state index in [2.05, 4.69) is 24.1 Å². The second kappa shape index (κ2) is 17.5. The molecule has 0 spiro atoms. The molecule has 7 heteroatoms. The van der Waals surface area contributed by atoms with Crippen LogP contribution in [0.25, 0.3) is 0 Å². The molecule has 0 atom stereocenters. The van der Waals surface area contributed by atoms with E-state index in [4.69, 9.17) is 4.74 Å². The highest BCUT2D eigenvalue weighted by Crippen LogP contribution is 2.14. The van der Waals surface area contributed by atoms with Crippen molar-refractivity contribution in [1.82, 2.24) is 9.55 Å². The molecule has 0 amide bonds. The normalized spacial score (nSPS) is 11.3. The van der Waals surface area contributed by atoms with E-state index in [1.807, 2.05) is 0 Å². The van der Waals surface area contributed by atoms with Crippen LogP contribution in [0.15, 0.2) is 18.3 Å². The number of hydrogen-bond acceptors (Lipinski definition) is 5. The molecule has 0 bridgehead atoms. The van der Waals surface area contributed by atoms with Gasteiger partial charge in [-0.3, -0.25) is 4.79 Å². The van der Waals surface area contributed by atoms with E-state index < -0.39 is 4.92 Å². The van der Waals surface area contributed by atoms with Crippen LogP contribution in [-0.4, -0.2) is 27.1 Å². The van der Waals surface area contributed by atoms with E-state index in [9.17, 15) is 14.9 Å². The predicted molar refractivity (Wildman–Crippen MR) is 124 cm³/mol. The molecule has 1 heterocycles. The number of aromatic nitrogens is 2. The Bertz CT molecular complexity index is 655. The Kier molecular flexibility index (Phi) is 15.2. The molecule has 7 nitrogen and oxygen atoms in total. The molecule has 0 saturated carbocycles. The van der Waals surface area contributed by atoms with Crippen molar-refractivity contribution < 1.29 is 14.5 Å². The van der Waals surface area contributed by atoms with Gasteiger partial charge < -0.3 is 14.9 Å². The lowest BCUT2D eigenvalue weighted by Gasteiger charge is -2.05. The van der Waals surface area contributed by atoms with Gasteiger partial charge in [0.2, 0.25) is 0 Å². The van der Waals surface area contributed by atoms with Crippen LogP contribution < -0.4 is 0 Å². The third kappa shape index (κ3) is 13.0. The number of carbonyl (C=O) groups is 1. The van der Waals surface area contributed by atoms with Crippen LogP contribution in [0.5, 0.6) is 0 Å². The highest BCUT2D eigenvalue weighted by atomic mass is 16.6. The minimum Gasteiger partial charge on any atom is -0.461 e. The van der Waals surface area contributed by atoms with Gasteiger partial charge in [0.15, 0.2) is 5.82 Å². The van der Waals surface area contributed by atoms with E-state index in [1.165, 1.54) is 68.6 Å². The molecule has 0 saturated heterocycles. The third-order valence-electron chi connectivity index (χ3n) is 5.44. The van der Waals surface area contributed by atoms with E-state index in [-0.39, 0.29) is 24.9 Å². The van der Waals surface area contributed by atoms with Crippen LogP contribution in [0.2, 0.25) is 0 Å². The Morgan fingerprint density at radius 2 is 1.61 bits per heavy atom. The van der Waals surface area contributed by atoms with Crippen molar-refractivity contribution in [2.24, 2.45) is 0 Å². The number of ether oxygens (including phenoxy) is 1. The van der Waals surface area contributed by atoms with Gasteiger partial charge in [-0.1, -0.05) is 70.4 Å². The zero-order valence-electron chi connectivity index (χ0n) is 19.5. The molecule has 0 radical (unpaired) electrons. The zero-order valence-corrected chi connectivity index (χ0v) is 19.5. The maximum absolute atomic E-state index is 11.8. The Labute approximate surface area is 187 Å². The summed E-state index contributed by atoms with van der Waals surface area (Å²) in [7, 11) is 0. The number of rotatable bonds is 19. The van der Waals surface area contributed by atoms with Gasteiger partial charge in [-0.05, 0) is 37.0 Å². The Balaban J connectivity index is 1.93. The summed E-state index contributed by atoms with van der Waals surface area (Å²) in [6, 6.07) is 0. The lowest BCUT2D eigenvalue weighted by Crippen LogP contribution is -2.13. The molecular formula is C24H41N3O4. The van der Waals surface area contributed by atoms with Crippen LogP contribution >= 0.6 is 0 Å². The highest BCUT2D eigenvalue weighted by molar-refractivity contribution is 5.69. The van der Waals surface area contributed by atoms with Crippen molar-refractivity contribution in [3.8, 4) is 0 Å². The minimum atomic E-state index is -0.479. The van der Waals surface area contributed by atoms with Gasteiger partial charge in [-0.2, -0.15) is 0 Å². The smallest absolute Gasteiger partial charge is 0.342 e. The fraction of sp³-hybridized carbons (Fsp3) is 0.750. The molecule has 0 aliphatic rings. The Hall–Kier alpha value is -2.18. The molecule has 0 aromatic carbocycles. The summed E-state index contributed by atoms with van der Waals surface area (Å²) in [5, 5.41) is 10.9. The number of allylic oxidation sites excluding steroid dienone is 2. The largest absolute Gasteiger partial charge is 0.461 e. The van der Waals surface area contributed by atoms with Gasteiger partial charge in [-0.25, -0.2) is 9.55 Å². The first-order chi connectivity index (χ1) is 15.1. The standard InChI is InChI=1S/C24H41N3O4/c1-3-4-5-6-7-8-9-10-11-12-13-14-15-16-17-18-24(28)31-20-19-26-22(2)25-21-23(26)27(29)30/h10-11,21H,3-9,12-20H2,1-2H3/b11-10-. The quantitative estimate of drug-likeness (QED) is 0.0795. The first kappa shape index (κ1) is 26.9. The van der Waals surface area contributed by atoms with Crippen molar-refractivity contribution in [2.45, 2.75) is 110 Å². The topological polar surface area (TPSA) is 87.3 Å². The average molecular weight is 436 g/mol. The number of hydrogen-bond donors (Lipinski definition) is 0. The number of unbranched alkanes of at least 4 members (excludes halogenated alkanes) is 11. The summed E-state index contributed by atoms with van der Waals surface area (Å²) < 4.78 is 6.66. The Morgan fingerprint density at radius 1 is 1.03 bits per heavy atom. The molecule has 31 heavy (non-hydrogen) atoms. The van der Waals surface area contributed by atoms with E-state index >= 15 is 0 Å². The molecule has 0 fully saturated rings. The molecule has 0 aliphatic carbocycles. The van der Waals surface area contributed by atoms with Gasteiger partial charge in [-0.15, -0.1) is 0 Å². The molecule has 1 aromatic heterocycles. The predicted octanol–water partition coefficient (Wildman–Crippen LogP) is 6.68. The summed E-state index contributed by atoms with van der Waals surface area (Å²) in [4.78, 5) is 26.2. The summed E-state index contributed by atoms with van der Waals surface area (Å²) in [5.74, 6) is 0.226. The van der Waals surface area contributed by atoms with Crippen molar-refractivity contribution in [1.29, 1.82) is 0 Å². The van der Waals surface area contributed by atoms with Gasteiger partial charge in [0.05, 0.1) is 0 Å². The van der Waals surface area contributed by atoms with E-state index in [0.717, 1.165) is 25.7 Å². The first-order valence-electron chi connectivity index (χ1n) is 12.0. The number of esters is 1. The second-order valence-electron chi connectivity index (χ2n) is 8.13. The van der Waals surface area contributed by atoms with Crippen LogP contribution in [0.4, 0.5) is 5.82 Å². The summed E-state index contributed by atoms with van der Waals surface area (Å²) in [5.41, 5.74) is 0. The lowest BCUT2D eigenvalue weighted by atomic mass is 10.1. The molecule has 1 rings (SSSR count). The van der Waals surface area contributed by atoms with Gasteiger partial charge in [0.25, 0.3) is 0 Å². The van der Waals surface area contributed by atoms with Gasteiger partial charge in [0.1, 0.15) is 19.3 Å². The SMILES string of the molecule is CCCCCCCC/C=C\CCCCCCCC(=O)OCCn1c([N+](=O)[O-])cnc1C. The van der Waals surface area contributed by atoms with Crippen LogP contribution in [0.3, 0.4) is 0 Å². The zero-order chi connectivity index (χ0) is 22.7. The number of imidazole rings is 1. The number of carbonyl (C=O) groups excluding carboxylic acids is 1. The summed E-state index contributed by atoms with van der Waals surface area (Å²) in [6.07, 6.45) is 22.2. The number of nitro groups is 1. The van der Waals surface area contributed by atoms with Gasteiger partial charge >= 0.3 is 11.8 Å². The van der Waals surface area contributed by atoms with Crippen LogP contribution in [0.1, 0.15) is 103 Å². The molecule has 0 aliphatic heterocycles. The molecule has 0 N–H and O–H groups in total. The summed E-state index contributed by atoms with van der Waals surface area (Å²) in [6.45, 7) is 4.32. The number of aryl methyl sites for hydroxylation is 1. The van der Waals surface area contributed by atoms with Crippen molar-refractivity contribution >= 4 is 11.8 Å². The molecule has 176 valence electrons. The molecule has 1 aromatic rings. The lowest BCUT2D eigenvalue weighted by molar-refractivity contribution is -0.392. The first-order valence-corrected chi connectivity index (χ1v) is 12.0. The van der Waals surface area contributed by atoms with Crippen molar-refractivity contribution in [3.05, 3.63) is 34.3 Å². The molecule has 0 unspecified atom stereocenters. The fourth-order valence-corrected chi connectivity index (χ4v) is 3.54. The Morgan fingerprint density at radius 3 is 2.23 bits per heavy atom. The van der Waals surface area contributed by atoms with Crippen LogP contribution in [-0.2, 0) is 16.1 Å². The third-order valence-corrected chi connectivity index (χ3v) is 5.44. The maximum Gasteiger partial charge on any atom is 0.342 e. The van der Waals surface area contributed by atoms with E-state index in [0.29, 0.717) is 12.2 Å². The van der Waals surface area contributed by atoms with Gasteiger partial charge in [0, 0.05) is 13.3 Å². The van der Waals surface area contributed by atoms with Crippen molar-refractivity contribution in [3.63, 3.8) is 0 Å². The van der Waals surface area contributed by atoms with Crippen molar-refractivity contribution in [2.75, 3.05) is 6.61 Å². The van der Waals surface area contributed by atoms with Crippen LogP contribution in [0, 0.1) is 17.0 Å². The highest BCUT2D eigenvalue weighted by Gasteiger charge is 2.17. The fourth-order valence-electron chi connectivity index (χ4n) is 3.54. The van der Waals surface area contributed by atoms with E-state index in [1.54, 1.807) is 6.92 Å². The maximum atomic E-state index is 11.8. The second-order valence-corrected chi connectivity index (χ2v) is 8.13. The summed E-state index contributed by atoms with van der Waals surface area (Å²) >= 11 is 0. The minimum absolute atomic E-state index is 0.0780. The monoisotopic (exact) mass is 435 g/mol.